The Hall–Kier alpha value is -5.06. The normalized spacial score (nSPS) is 11.2. The minimum absolute atomic E-state index is 0.188. The number of ether oxygens (including phenoxy) is 2. The van der Waals surface area contributed by atoms with Crippen molar-refractivity contribution in [1.29, 1.82) is 0 Å². The average molecular weight is 527 g/mol. The number of esters is 2. The quantitative estimate of drug-likeness (QED) is 0.137. The summed E-state index contributed by atoms with van der Waals surface area (Å²) in [5, 5.41) is 4.27. The lowest BCUT2D eigenvalue weighted by atomic mass is 10.0. The predicted molar refractivity (Wildman–Crippen MR) is 162 cm³/mol. The average Bonchev–Trinajstić information content (AvgIpc) is 2.98. The summed E-state index contributed by atoms with van der Waals surface area (Å²) in [7, 11) is 0. The summed E-state index contributed by atoms with van der Waals surface area (Å²) >= 11 is 0. The van der Waals surface area contributed by atoms with E-state index < -0.39 is 11.9 Å². The first-order valence-corrected chi connectivity index (χ1v) is 13.3. The Morgan fingerprint density at radius 2 is 1.00 bits per heavy atom. The zero-order chi connectivity index (χ0) is 28.2. The lowest BCUT2D eigenvalue weighted by molar-refractivity contribution is -0.139. The van der Waals surface area contributed by atoms with Gasteiger partial charge >= 0.3 is 11.9 Å². The predicted octanol–water partition coefficient (Wildman–Crippen LogP) is 7.37. The highest BCUT2D eigenvalue weighted by atomic mass is 16.5. The van der Waals surface area contributed by atoms with E-state index in [1.165, 1.54) is 0 Å². The van der Waals surface area contributed by atoms with Gasteiger partial charge in [0, 0.05) is 24.0 Å². The van der Waals surface area contributed by atoms with E-state index in [9.17, 15) is 9.59 Å². The molecule has 0 aromatic heterocycles. The molecule has 0 unspecified atom stereocenters. The maximum absolute atomic E-state index is 12.6. The van der Waals surface area contributed by atoms with Crippen LogP contribution in [0.25, 0.3) is 33.7 Å². The first-order chi connectivity index (χ1) is 19.6. The molecule has 4 nitrogen and oxygen atoms in total. The fourth-order valence-electron chi connectivity index (χ4n) is 4.31. The van der Waals surface area contributed by atoms with Crippen molar-refractivity contribution in [2.75, 3.05) is 13.2 Å². The Labute approximate surface area is 235 Å². The Balaban J connectivity index is 1.55. The van der Waals surface area contributed by atoms with Crippen molar-refractivity contribution in [2.24, 2.45) is 0 Å². The van der Waals surface area contributed by atoms with Crippen molar-refractivity contribution in [1.82, 2.24) is 0 Å². The summed E-state index contributed by atoms with van der Waals surface area (Å²) in [6, 6.07) is 27.9. The van der Waals surface area contributed by atoms with Crippen molar-refractivity contribution in [3.05, 3.63) is 107 Å². The number of carbonyl (C=O) groups is 2. The molecule has 0 atom stereocenters. The van der Waals surface area contributed by atoms with Crippen LogP contribution >= 0.6 is 0 Å². The maximum atomic E-state index is 12.6. The van der Waals surface area contributed by atoms with Gasteiger partial charge in [0.15, 0.2) is 0 Å². The number of fused-ring (bicyclic) bond motifs is 2. The molecule has 198 valence electrons. The van der Waals surface area contributed by atoms with Crippen LogP contribution in [-0.2, 0) is 19.1 Å². The molecule has 0 aliphatic rings. The molecule has 0 spiro atoms. The van der Waals surface area contributed by atoms with E-state index in [1.807, 2.05) is 97.1 Å². The van der Waals surface area contributed by atoms with E-state index in [0.717, 1.165) is 32.7 Å². The summed E-state index contributed by atoms with van der Waals surface area (Å²) in [6.07, 6.45) is 4.03. The van der Waals surface area contributed by atoms with E-state index in [4.69, 9.17) is 9.47 Å². The molecule has 0 aliphatic carbocycles. The van der Waals surface area contributed by atoms with E-state index in [0.29, 0.717) is 11.1 Å². The van der Waals surface area contributed by atoms with Gasteiger partial charge in [-0.2, -0.15) is 0 Å². The number of rotatable bonds is 8. The maximum Gasteiger partial charge on any atom is 0.334 e. The fourth-order valence-corrected chi connectivity index (χ4v) is 4.31. The highest BCUT2D eigenvalue weighted by molar-refractivity contribution is 5.99. The third kappa shape index (κ3) is 7.28. The number of carbonyl (C=O) groups excluding carboxylic acids is 2. The third-order valence-electron chi connectivity index (χ3n) is 6.18. The molecule has 4 aromatic rings. The van der Waals surface area contributed by atoms with Gasteiger partial charge < -0.3 is 9.47 Å². The van der Waals surface area contributed by atoms with Crippen LogP contribution in [0.15, 0.2) is 96.1 Å². The molecule has 0 amide bonds. The van der Waals surface area contributed by atoms with Gasteiger partial charge in [-0.05, 0) is 70.5 Å². The Morgan fingerprint density at radius 3 is 1.43 bits per heavy atom. The molecule has 4 rings (SSSR count). The Kier molecular flexibility index (Phi) is 9.92. The molecule has 40 heavy (non-hydrogen) atoms. The molecule has 0 N–H and O–H groups in total. The first-order valence-electron chi connectivity index (χ1n) is 13.3. The van der Waals surface area contributed by atoms with Gasteiger partial charge in [0.1, 0.15) is 0 Å². The highest BCUT2D eigenvalue weighted by Crippen LogP contribution is 2.23. The monoisotopic (exact) mass is 526 g/mol. The zero-order valence-electron chi connectivity index (χ0n) is 22.7. The van der Waals surface area contributed by atoms with E-state index in [-0.39, 0.29) is 26.1 Å². The van der Waals surface area contributed by atoms with Gasteiger partial charge in [0.2, 0.25) is 0 Å². The van der Waals surface area contributed by atoms with Crippen LogP contribution in [0.1, 0.15) is 37.8 Å². The van der Waals surface area contributed by atoms with E-state index >= 15 is 0 Å². The van der Waals surface area contributed by atoms with Gasteiger partial charge in [-0.25, -0.2) is 9.59 Å². The summed E-state index contributed by atoms with van der Waals surface area (Å²) in [5.41, 5.74) is 2.75. The molecule has 4 aromatic carbocycles. The Bertz CT molecular complexity index is 1580. The smallest absolute Gasteiger partial charge is 0.334 e. The van der Waals surface area contributed by atoms with Crippen LogP contribution in [0.5, 0.6) is 0 Å². The van der Waals surface area contributed by atoms with Crippen molar-refractivity contribution in [3.63, 3.8) is 0 Å². The highest BCUT2D eigenvalue weighted by Gasteiger charge is 2.12. The van der Waals surface area contributed by atoms with Crippen LogP contribution < -0.4 is 0 Å². The molecular weight excluding hydrogens is 496 g/mol. The fraction of sp³-hybridized carbons (Fsp3) is 0.167. The topological polar surface area (TPSA) is 52.6 Å². The van der Waals surface area contributed by atoms with E-state index in [1.54, 1.807) is 13.8 Å². The van der Waals surface area contributed by atoms with Crippen molar-refractivity contribution in [3.8, 4) is 23.7 Å². The summed E-state index contributed by atoms with van der Waals surface area (Å²) < 4.78 is 10.5. The number of benzene rings is 4. The molecule has 0 aliphatic heterocycles. The molecule has 0 heterocycles. The second kappa shape index (κ2) is 14.2. The number of hydrogen-bond donors (Lipinski definition) is 0. The molecule has 0 saturated carbocycles. The lowest BCUT2D eigenvalue weighted by Crippen LogP contribution is -2.07. The molecular formula is C36H30O4. The minimum Gasteiger partial charge on any atom is -0.463 e. The largest absolute Gasteiger partial charge is 0.463 e. The van der Waals surface area contributed by atoms with Crippen molar-refractivity contribution < 1.29 is 19.1 Å². The molecule has 0 saturated heterocycles. The number of hydrogen-bond acceptors (Lipinski definition) is 4. The minimum atomic E-state index is -0.402. The van der Waals surface area contributed by atoms with Gasteiger partial charge in [-0.15, -0.1) is 0 Å². The van der Waals surface area contributed by atoms with Crippen LogP contribution in [0.3, 0.4) is 0 Å². The van der Waals surface area contributed by atoms with Gasteiger partial charge in [0.25, 0.3) is 0 Å². The molecule has 4 heteroatoms. The lowest BCUT2D eigenvalue weighted by Gasteiger charge is -2.06. The first kappa shape index (κ1) is 28.0. The Morgan fingerprint density at radius 1 is 0.600 bits per heavy atom. The summed E-state index contributed by atoms with van der Waals surface area (Å²) in [5.74, 6) is 10.8. The van der Waals surface area contributed by atoms with E-state index in [2.05, 4.69) is 23.7 Å². The second-order valence-corrected chi connectivity index (χ2v) is 8.87. The third-order valence-corrected chi connectivity index (χ3v) is 6.18. The van der Waals surface area contributed by atoms with Crippen molar-refractivity contribution in [2.45, 2.75) is 26.7 Å². The standard InChI is InChI=1S/C36H30O4/c1-3-39-35(37)31(25-29-21-13-19-27-15-9-11-23-33(27)29)17-7-5-6-8-18-32(36(38)40-4-2)26-30-22-14-20-28-16-10-12-24-34(28)30/h9-16,19-26H,3-4,17-18H2,1-2H3/b31-25-,32-26-. The van der Waals surface area contributed by atoms with Crippen LogP contribution in [0.2, 0.25) is 0 Å². The second-order valence-electron chi connectivity index (χ2n) is 8.87. The summed E-state index contributed by atoms with van der Waals surface area (Å²) in [6.45, 7) is 4.10. The zero-order valence-corrected chi connectivity index (χ0v) is 22.7. The SMILES string of the molecule is CCOC(=O)/C(=C\c1cccc2ccccc12)CC#CC#CC/C(=C/c1cccc2ccccc12)C(=O)OCC. The van der Waals surface area contributed by atoms with Gasteiger partial charge in [-0.1, -0.05) is 96.8 Å². The van der Waals surface area contributed by atoms with Gasteiger partial charge in [0.05, 0.1) is 13.2 Å². The summed E-state index contributed by atoms with van der Waals surface area (Å²) in [4.78, 5) is 25.3. The van der Waals surface area contributed by atoms with Crippen LogP contribution in [-0.4, -0.2) is 25.2 Å². The van der Waals surface area contributed by atoms with Crippen LogP contribution in [0, 0.1) is 23.7 Å². The van der Waals surface area contributed by atoms with Crippen LogP contribution in [0.4, 0.5) is 0 Å². The van der Waals surface area contributed by atoms with Crippen molar-refractivity contribution >= 4 is 45.6 Å². The molecule has 0 radical (unpaired) electrons. The van der Waals surface area contributed by atoms with Gasteiger partial charge in [-0.3, -0.25) is 0 Å². The molecule has 0 fully saturated rings. The molecule has 0 bridgehead atoms.